The lowest BCUT2D eigenvalue weighted by molar-refractivity contribution is -0.127. The van der Waals surface area contributed by atoms with Gasteiger partial charge in [0.2, 0.25) is 5.91 Å². The van der Waals surface area contributed by atoms with Gasteiger partial charge in [-0.3, -0.25) is 9.36 Å². The minimum absolute atomic E-state index is 0. The van der Waals surface area contributed by atoms with Crippen LogP contribution in [0.3, 0.4) is 0 Å². The zero-order valence-electron chi connectivity index (χ0n) is 12.9. The number of nitrogens with one attached hydrogen (secondary N) is 1. The number of aromatic nitrogens is 3. The van der Waals surface area contributed by atoms with E-state index in [4.69, 9.17) is 5.73 Å². The Balaban J connectivity index is 0.00000192. The van der Waals surface area contributed by atoms with Crippen molar-refractivity contribution in [3.8, 4) is 5.69 Å². The summed E-state index contributed by atoms with van der Waals surface area (Å²) in [5.41, 5.74) is 6.48. The molecule has 1 aromatic carbocycles. The summed E-state index contributed by atoms with van der Waals surface area (Å²) in [7, 11) is 0. The van der Waals surface area contributed by atoms with Crippen LogP contribution in [0.15, 0.2) is 36.7 Å². The van der Waals surface area contributed by atoms with Crippen LogP contribution in [0.1, 0.15) is 37.9 Å². The molecule has 1 heterocycles. The Labute approximate surface area is 141 Å². The van der Waals surface area contributed by atoms with Crippen LogP contribution in [-0.2, 0) is 11.3 Å². The van der Waals surface area contributed by atoms with Crippen molar-refractivity contribution < 1.29 is 4.79 Å². The molecule has 7 heteroatoms. The summed E-state index contributed by atoms with van der Waals surface area (Å²) in [5, 5.41) is 10.9. The molecule has 2 aromatic rings. The Morgan fingerprint density at radius 2 is 1.91 bits per heavy atom. The number of amides is 1. The number of nitrogens with zero attached hydrogens (tertiary/aromatic N) is 3. The summed E-state index contributed by atoms with van der Waals surface area (Å²) < 4.78 is 1.87. The van der Waals surface area contributed by atoms with Crippen LogP contribution in [0, 0.1) is 0 Å². The van der Waals surface area contributed by atoms with Crippen molar-refractivity contribution in [2.45, 2.75) is 44.2 Å². The van der Waals surface area contributed by atoms with E-state index in [1.54, 1.807) is 6.33 Å². The molecule has 6 nitrogen and oxygen atoms in total. The molecule has 0 spiro atoms. The maximum atomic E-state index is 12.4. The largest absolute Gasteiger partial charge is 0.347 e. The van der Waals surface area contributed by atoms with Crippen LogP contribution in [0.4, 0.5) is 0 Å². The minimum Gasteiger partial charge on any atom is -0.347 e. The van der Waals surface area contributed by atoms with Gasteiger partial charge in [0.1, 0.15) is 6.33 Å². The Morgan fingerprint density at radius 3 is 2.61 bits per heavy atom. The van der Waals surface area contributed by atoms with E-state index in [2.05, 4.69) is 15.5 Å². The lowest BCUT2D eigenvalue weighted by atomic mass is 9.82. The monoisotopic (exact) mass is 335 g/mol. The lowest BCUT2D eigenvalue weighted by Gasteiger charge is -2.31. The molecule has 124 valence electrons. The number of hydrogen-bond acceptors (Lipinski definition) is 4. The van der Waals surface area contributed by atoms with Crippen molar-refractivity contribution in [2.75, 3.05) is 0 Å². The molecule has 0 bridgehead atoms. The maximum Gasteiger partial charge on any atom is 0.240 e. The number of carbonyl (C=O) groups is 1. The van der Waals surface area contributed by atoms with E-state index in [1.165, 1.54) is 0 Å². The molecule has 3 N–H and O–H groups in total. The summed E-state index contributed by atoms with van der Waals surface area (Å²) in [6, 6.07) is 9.81. The van der Waals surface area contributed by atoms with E-state index in [-0.39, 0.29) is 18.3 Å². The molecule has 0 saturated heterocycles. The highest BCUT2D eigenvalue weighted by molar-refractivity contribution is 5.86. The van der Waals surface area contributed by atoms with E-state index in [1.807, 2.05) is 34.9 Å². The van der Waals surface area contributed by atoms with Crippen LogP contribution in [-0.4, -0.2) is 26.2 Å². The van der Waals surface area contributed by atoms with Crippen LogP contribution < -0.4 is 11.1 Å². The molecule has 1 aliphatic carbocycles. The predicted molar refractivity (Wildman–Crippen MR) is 90.5 cm³/mol. The number of benzene rings is 1. The fraction of sp³-hybridized carbons (Fsp3) is 0.438. The maximum absolute atomic E-state index is 12.4. The topological polar surface area (TPSA) is 85.8 Å². The summed E-state index contributed by atoms with van der Waals surface area (Å²) in [5.74, 6) is 0.605. The number of halogens is 1. The fourth-order valence-electron chi connectivity index (χ4n) is 2.93. The van der Waals surface area contributed by atoms with Gasteiger partial charge < -0.3 is 11.1 Å². The summed E-state index contributed by atoms with van der Waals surface area (Å²) in [4.78, 5) is 12.4. The predicted octanol–water partition coefficient (Wildman–Crippen LogP) is 1.97. The van der Waals surface area contributed by atoms with E-state index in [0.717, 1.165) is 37.8 Å². The second-order valence-corrected chi connectivity index (χ2v) is 5.85. The first kappa shape index (κ1) is 17.4. The zero-order chi connectivity index (χ0) is 15.4. The number of carbonyl (C=O) groups excluding carboxylic acids is 1. The van der Waals surface area contributed by atoms with Gasteiger partial charge in [-0.25, -0.2) is 0 Å². The third-order valence-corrected chi connectivity index (χ3v) is 4.26. The summed E-state index contributed by atoms with van der Waals surface area (Å²) in [6.07, 6.45) is 6.35. The SMILES string of the molecule is Cl.NC1(C(=O)NCc2nncn2-c2ccccc2)CCCCC1. The molecule has 1 aliphatic rings. The fourth-order valence-corrected chi connectivity index (χ4v) is 2.93. The molecule has 1 saturated carbocycles. The van der Waals surface area contributed by atoms with Crippen molar-refractivity contribution in [3.63, 3.8) is 0 Å². The molecule has 3 rings (SSSR count). The van der Waals surface area contributed by atoms with Crippen molar-refractivity contribution in [3.05, 3.63) is 42.5 Å². The average molecular weight is 336 g/mol. The second-order valence-electron chi connectivity index (χ2n) is 5.85. The van der Waals surface area contributed by atoms with Crippen LogP contribution in [0.5, 0.6) is 0 Å². The Kier molecular flexibility index (Phi) is 5.74. The first-order valence-corrected chi connectivity index (χ1v) is 7.70. The van der Waals surface area contributed by atoms with E-state index in [9.17, 15) is 4.79 Å². The molecule has 1 amide bonds. The zero-order valence-corrected chi connectivity index (χ0v) is 13.8. The first-order valence-electron chi connectivity index (χ1n) is 7.70. The van der Waals surface area contributed by atoms with Gasteiger partial charge in [-0.1, -0.05) is 37.5 Å². The van der Waals surface area contributed by atoms with Crippen molar-refractivity contribution in [2.24, 2.45) is 5.73 Å². The molecular formula is C16H22ClN5O. The van der Waals surface area contributed by atoms with Crippen molar-refractivity contribution in [1.29, 1.82) is 0 Å². The van der Waals surface area contributed by atoms with Gasteiger partial charge in [-0.15, -0.1) is 22.6 Å². The second kappa shape index (κ2) is 7.57. The highest BCUT2D eigenvalue weighted by atomic mass is 35.5. The summed E-state index contributed by atoms with van der Waals surface area (Å²) in [6.45, 7) is 0.326. The third-order valence-electron chi connectivity index (χ3n) is 4.26. The standard InChI is InChI=1S/C16H21N5O.ClH/c17-16(9-5-2-6-10-16)15(22)18-11-14-20-19-12-21(14)13-7-3-1-4-8-13;/h1,3-4,7-8,12H,2,5-6,9-11,17H2,(H,18,22);1H. The number of nitrogens with two attached hydrogens (primary N) is 1. The van der Waals surface area contributed by atoms with Gasteiger partial charge >= 0.3 is 0 Å². The van der Waals surface area contributed by atoms with Crippen molar-refractivity contribution >= 4 is 18.3 Å². The van der Waals surface area contributed by atoms with Crippen LogP contribution >= 0.6 is 12.4 Å². The van der Waals surface area contributed by atoms with Crippen molar-refractivity contribution in [1.82, 2.24) is 20.1 Å². The Hall–Kier alpha value is -1.92. The highest BCUT2D eigenvalue weighted by Gasteiger charge is 2.35. The van der Waals surface area contributed by atoms with E-state index in [0.29, 0.717) is 12.4 Å². The third kappa shape index (κ3) is 3.89. The van der Waals surface area contributed by atoms with Gasteiger partial charge in [0.25, 0.3) is 0 Å². The molecule has 0 aliphatic heterocycles. The van der Waals surface area contributed by atoms with Crippen LogP contribution in [0.25, 0.3) is 5.69 Å². The minimum atomic E-state index is -0.726. The first-order chi connectivity index (χ1) is 10.7. The van der Waals surface area contributed by atoms with E-state index >= 15 is 0 Å². The van der Waals surface area contributed by atoms with Gasteiger partial charge in [0, 0.05) is 5.69 Å². The number of hydrogen-bond donors (Lipinski definition) is 2. The van der Waals surface area contributed by atoms with E-state index < -0.39 is 5.54 Å². The van der Waals surface area contributed by atoms with Gasteiger partial charge in [-0.2, -0.15) is 0 Å². The quantitative estimate of drug-likeness (QED) is 0.894. The number of para-hydroxylation sites is 1. The smallest absolute Gasteiger partial charge is 0.240 e. The normalized spacial score (nSPS) is 16.4. The van der Waals surface area contributed by atoms with Crippen LogP contribution in [0.2, 0.25) is 0 Å². The van der Waals surface area contributed by atoms with Gasteiger partial charge in [-0.05, 0) is 25.0 Å². The highest BCUT2D eigenvalue weighted by Crippen LogP contribution is 2.26. The molecule has 0 radical (unpaired) electrons. The molecule has 23 heavy (non-hydrogen) atoms. The molecule has 1 fully saturated rings. The molecule has 0 atom stereocenters. The molecular weight excluding hydrogens is 314 g/mol. The van der Waals surface area contributed by atoms with Gasteiger partial charge in [0.15, 0.2) is 5.82 Å². The number of rotatable bonds is 4. The Morgan fingerprint density at radius 1 is 1.22 bits per heavy atom. The Bertz CT molecular complexity index is 637. The average Bonchev–Trinajstić information content (AvgIpc) is 3.02. The lowest BCUT2D eigenvalue weighted by Crippen LogP contribution is -2.54. The molecule has 0 unspecified atom stereocenters. The summed E-state index contributed by atoms with van der Waals surface area (Å²) >= 11 is 0. The van der Waals surface area contributed by atoms with Gasteiger partial charge in [0.05, 0.1) is 12.1 Å². The molecule has 1 aromatic heterocycles.